The van der Waals surface area contributed by atoms with Gasteiger partial charge in [0.25, 0.3) is 5.91 Å². The minimum atomic E-state index is -3.34. The van der Waals surface area contributed by atoms with Crippen molar-refractivity contribution in [3.05, 3.63) is 28.8 Å². The third-order valence-electron chi connectivity index (χ3n) is 5.44. The lowest BCUT2D eigenvalue weighted by Crippen LogP contribution is -2.47. The maximum absolute atomic E-state index is 13.0. The summed E-state index contributed by atoms with van der Waals surface area (Å²) in [4.78, 5) is 14.7. The molecule has 1 aromatic carbocycles. The standard InChI is InChI=1S/C18H23ClN2O5S/c19-16-4-3-14(21-7-1-2-12-27(21,23)24)13-15(16)17(22)20-8-5-18(6-9-20)25-10-11-26-18/h3-4,13H,1-2,5-12H2. The fourth-order valence-corrected chi connectivity index (χ4v) is 5.75. The lowest BCUT2D eigenvalue weighted by atomic mass is 10.0. The molecule has 9 heteroatoms. The molecular formula is C18H23ClN2O5S. The van der Waals surface area contributed by atoms with Crippen molar-refractivity contribution >= 4 is 33.2 Å². The van der Waals surface area contributed by atoms with Crippen LogP contribution in [-0.4, -0.2) is 63.6 Å². The highest BCUT2D eigenvalue weighted by molar-refractivity contribution is 7.92. The fraction of sp³-hybridized carbons (Fsp3) is 0.611. The average Bonchev–Trinajstić information content (AvgIpc) is 3.10. The molecule has 7 nitrogen and oxygen atoms in total. The molecule has 3 heterocycles. The second kappa shape index (κ2) is 7.24. The minimum absolute atomic E-state index is 0.132. The third-order valence-corrected chi connectivity index (χ3v) is 7.64. The van der Waals surface area contributed by atoms with Gasteiger partial charge in [0.2, 0.25) is 10.0 Å². The average molecular weight is 415 g/mol. The van der Waals surface area contributed by atoms with E-state index in [2.05, 4.69) is 0 Å². The van der Waals surface area contributed by atoms with Crippen molar-refractivity contribution in [2.75, 3.05) is 42.9 Å². The van der Waals surface area contributed by atoms with Crippen molar-refractivity contribution in [2.24, 2.45) is 0 Å². The Hall–Kier alpha value is -1.35. The maximum Gasteiger partial charge on any atom is 0.255 e. The zero-order valence-electron chi connectivity index (χ0n) is 15.0. The van der Waals surface area contributed by atoms with Crippen LogP contribution in [0, 0.1) is 0 Å². The molecule has 0 aromatic heterocycles. The molecule has 3 aliphatic heterocycles. The second-order valence-corrected chi connectivity index (χ2v) is 9.58. The van der Waals surface area contributed by atoms with Gasteiger partial charge >= 0.3 is 0 Å². The molecule has 27 heavy (non-hydrogen) atoms. The van der Waals surface area contributed by atoms with E-state index in [-0.39, 0.29) is 11.7 Å². The molecule has 3 saturated heterocycles. The number of hydrogen-bond acceptors (Lipinski definition) is 5. The van der Waals surface area contributed by atoms with Gasteiger partial charge in [-0.1, -0.05) is 11.6 Å². The molecule has 4 rings (SSSR count). The highest BCUT2D eigenvalue weighted by atomic mass is 35.5. The quantitative estimate of drug-likeness (QED) is 0.741. The number of rotatable bonds is 2. The van der Waals surface area contributed by atoms with Crippen molar-refractivity contribution in [2.45, 2.75) is 31.5 Å². The van der Waals surface area contributed by atoms with Gasteiger partial charge in [0.1, 0.15) is 0 Å². The Kier molecular flexibility index (Phi) is 5.09. The Morgan fingerprint density at radius 1 is 1.07 bits per heavy atom. The van der Waals surface area contributed by atoms with Crippen LogP contribution in [0.2, 0.25) is 5.02 Å². The SMILES string of the molecule is O=C(c1cc(N2CCCCS2(=O)=O)ccc1Cl)N1CCC2(CC1)OCCO2. The Morgan fingerprint density at radius 3 is 2.44 bits per heavy atom. The molecule has 148 valence electrons. The summed E-state index contributed by atoms with van der Waals surface area (Å²) in [5.41, 5.74) is 0.831. The zero-order chi connectivity index (χ0) is 19.1. The van der Waals surface area contributed by atoms with Crippen LogP contribution in [0.15, 0.2) is 18.2 Å². The molecule has 3 fully saturated rings. The molecule has 0 N–H and O–H groups in total. The predicted molar refractivity (Wildman–Crippen MR) is 102 cm³/mol. The maximum atomic E-state index is 13.0. The molecule has 1 spiro atoms. The van der Waals surface area contributed by atoms with Crippen LogP contribution in [0.25, 0.3) is 0 Å². The zero-order valence-corrected chi connectivity index (χ0v) is 16.6. The van der Waals surface area contributed by atoms with Crippen LogP contribution >= 0.6 is 11.6 Å². The summed E-state index contributed by atoms with van der Waals surface area (Å²) in [6, 6.07) is 4.86. The second-order valence-electron chi connectivity index (χ2n) is 7.16. The summed E-state index contributed by atoms with van der Waals surface area (Å²) >= 11 is 6.28. The first kappa shape index (κ1) is 19.0. The first-order valence-corrected chi connectivity index (χ1v) is 11.3. The van der Waals surface area contributed by atoms with Gasteiger partial charge in [0.15, 0.2) is 5.79 Å². The van der Waals surface area contributed by atoms with Gasteiger partial charge in [-0.25, -0.2) is 8.42 Å². The van der Waals surface area contributed by atoms with Crippen molar-refractivity contribution in [1.29, 1.82) is 0 Å². The lowest BCUT2D eigenvalue weighted by molar-refractivity contribution is -0.181. The van der Waals surface area contributed by atoms with Gasteiger partial charge in [-0.2, -0.15) is 0 Å². The van der Waals surface area contributed by atoms with Crippen molar-refractivity contribution in [1.82, 2.24) is 4.90 Å². The number of hydrogen-bond donors (Lipinski definition) is 0. The summed E-state index contributed by atoms with van der Waals surface area (Å²) in [5.74, 6) is -0.610. The van der Waals surface area contributed by atoms with E-state index in [0.717, 1.165) is 6.42 Å². The first-order chi connectivity index (χ1) is 12.9. The van der Waals surface area contributed by atoms with E-state index in [9.17, 15) is 13.2 Å². The number of carbonyl (C=O) groups is 1. The van der Waals surface area contributed by atoms with Crippen molar-refractivity contribution < 1.29 is 22.7 Å². The van der Waals surface area contributed by atoms with Crippen LogP contribution in [-0.2, 0) is 19.5 Å². The summed E-state index contributed by atoms with van der Waals surface area (Å²) in [5, 5.41) is 0.326. The fourth-order valence-electron chi connectivity index (χ4n) is 3.92. The van der Waals surface area contributed by atoms with Gasteiger partial charge in [-0.15, -0.1) is 0 Å². The van der Waals surface area contributed by atoms with Gasteiger partial charge in [-0.3, -0.25) is 9.10 Å². The number of nitrogens with zero attached hydrogens (tertiary/aromatic N) is 2. The summed E-state index contributed by atoms with van der Waals surface area (Å²) in [6.07, 6.45) is 2.71. The molecule has 0 atom stereocenters. The smallest absolute Gasteiger partial charge is 0.255 e. The molecule has 1 amide bonds. The van der Waals surface area contributed by atoms with Crippen LogP contribution in [0.3, 0.4) is 0 Å². The third kappa shape index (κ3) is 3.68. The van der Waals surface area contributed by atoms with E-state index in [4.69, 9.17) is 21.1 Å². The number of ether oxygens (including phenoxy) is 2. The molecule has 0 radical (unpaired) electrons. The number of benzene rings is 1. The van der Waals surface area contributed by atoms with Gasteiger partial charge < -0.3 is 14.4 Å². The Morgan fingerprint density at radius 2 is 1.78 bits per heavy atom. The number of piperidine rings is 1. The first-order valence-electron chi connectivity index (χ1n) is 9.27. The van der Waals surface area contributed by atoms with Crippen molar-refractivity contribution in [3.8, 4) is 0 Å². The Balaban J connectivity index is 1.54. The van der Waals surface area contributed by atoms with E-state index in [0.29, 0.717) is 68.4 Å². The monoisotopic (exact) mass is 414 g/mol. The number of carbonyl (C=O) groups excluding carboxylic acids is 1. The van der Waals surface area contributed by atoms with Crippen molar-refractivity contribution in [3.63, 3.8) is 0 Å². The number of likely N-dealkylation sites (tertiary alicyclic amines) is 1. The number of sulfonamides is 1. The molecule has 0 bridgehead atoms. The Bertz CT molecular complexity index is 828. The van der Waals surface area contributed by atoms with Crippen LogP contribution in [0.4, 0.5) is 5.69 Å². The van der Waals surface area contributed by atoms with Crippen LogP contribution < -0.4 is 4.31 Å². The van der Waals surface area contributed by atoms with Crippen LogP contribution in [0.5, 0.6) is 0 Å². The van der Waals surface area contributed by atoms with E-state index in [1.54, 1.807) is 23.1 Å². The van der Waals surface area contributed by atoms with E-state index >= 15 is 0 Å². The molecule has 1 aromatic rings. The molecule has 0 saturated carbocycles. The number of anilines is 1. The Labute approximate surface area is 164 Å². The molecule has 3 aliphatic rings. The lowest BCUT2D eigenvalue weighted by Gasteiger charge is -2.37. The van der Waals surface area contributed by atoms with Gasteiger partial charge in [0, 0.05) is 32.5 Å². The largest absolute Gasteiger partial charge is 0.347 e. The topological polar surface area (TPSA) is 76.2 Å². The minimum Gasteiger partial charge on any atom is -0.347 e. The van der Waals surface area contributed by atoms with E-state index in [1.165, 1.54) is 4.31 Å². The van der Waals surface area contributed by atoms with Gasteiger partial charge in [0.05, 0.1) is 35.2 Å². The number of amides is 1. The van der Waals surface area contributed by atoms with Gasteiger partial charge in [-0.05, 0) is 31.0 Å². The summed E-state index contributed by atoms with van der Waals surface area (Å²) in [6.45, 7) is 2.64. The predicted octanol–water partition coefficient (Wildman–Crippen LogP) is 2.25. The van der Waals surface area contributed by atoms with Crippen LogP contribution in [0.1, 0.15) is 36.0 Å². The summed E-state index contributed by atoms with van der Waals surface area (Å²) in [7, 11) is -3.34. The molecular weight excluding hydrogens is 392 g/mol. The number of halogens is 1. The normalized spacial score (nSPS) is 24.3. The van der Waals surface area contributed by atoms with E-state index in [1.807, 2.05) is 0 Å². The highest BCUT2D eigenvalue weighted by Crippen LogP contribution is 2.33. The molecule has 0 aliphatic carbocycles. The highest BCUT2D eigenvalue weighted by Gasteiger charge is 2.41. The summed E-state index contributed by atoms with van der Waals surface area (Å²) < 4.78 is 37.5. The molecule has 0 unspecified atom stereocenters. The van der Waals surface area contributed by atoms with E-state index < -0.39 is 15.8 Å².